The van der Waals surface area contributed by atoms with E-state index < -0.39 is 5.97 Å². The number of rotatable bonds is 2. The summed E-state index contributed by atoms with van der Waals surface area (Å²) in [6.07, 6.45) is 1.67. The molecule has 0 aliphatic heterocycles. The summed E-state index contributed by atoms with van der Waals surface area (Å²) in [6.45, 7) is 9.53. The lowest BCUT2D eigenvalue weighted by atomic mass is 9.88. The minimum Gasteiger partial charge on any atom is -0.481 e. The van der Waals surface area contributed by atoms with Gasteiger partial charge in [0.05, 0.1) is 6.10 Å². The number of aliphatic carboxylic acids is 1. The summed E-state index contributed by atoms with van der Waals surface area (Å²) in [6, 6.07) is 0. The predicted octanol–water partition coefficient (Wildman–Crippen LogP) is 2.28. The van der Waals surface area contributed by atoms with E-state index in [0.29, 0.717) is 0 Å². The molecule has 0 radical (unpaired) electrons. The first-order chi connectivity index (χ1) is 5.69. The minimum atomic E-state index is -0.833. The number of carboxylic acid groups (broad SMARTS) is 1. The average Bonchev–Trinajstić information content (AvgIpc) is 1.82. The molecule has 0 bridgehead atoms. The van der Waals surface area contributed by atoms with Crippen LogP contribution < -0.4 is 0 Å². The van der Waals surface area contributed by atoms with Gasteiger partial charge in [-0.3, -0.25) is 4.79 Å². The van der Waals surface area contributed by atoms with Gasteiger partial charge in [-0.15, -0.1) is 0 Å². The van der Waals surface area contributed by atoms with Crippen LogP contribution in [0.25, 0.3) is 0 Å². The lowest BCUT2D eigenvalue weighted by Gasteiger charge is -2.20. The van der Waals surface area contributed by atoms with Crippen molar-refractivity contribution in [2.45, 2.75) is 53.6 Å². The van der Waals surface area contributed by atoms with Gasteiger partial charge in [-0.05, 0) is 18.3 Å². The fourth-order valence-corrected chi connectivity index (χ4v) is 0.851. The highest BCUT2D eigenvalue weighted by Crippen LogP contribution is 2.21. The van der Waals surface area contributed by atoms with Crippen molar-refractivity contribution in [2.75, 3.05) is 0 Å². The van der Waals surface area contributed by atoms with Gasteiger partial charge in [-0.2, -0.15) is 0 Å². The summed E-state index contributed by atoms with van der Waals surface area (Å²) in [4.78, 5) is 9.00. The lowest BCUT2D eigenvalue weighted by molar-refractivity contribution is -0.134. The van der Waals surface area contributed by atoms with Crippen molar-refractivity contribution in [1.29, 1.82) is 0 Å². The fraction of sp³-hybridized carbons (Fsp3) is 0.900. The molecule has 0 aliphatic carbocycles. The molecule has 0 heterocycles. The highest BCUT2D eigenvalue weighted by Gasteiger charge is 2.14. The molecule has 0 saturated heterocycles. The van der Waals surface area contributed by atoms with Crippen molar-refractivity contribution in [3.8, 4) is 0 Å². The SMILES string of the molecule is CC(=O)O.CCC(O)CC(C)(C)C. The first-order valence-corrected chi connectivity index (χ1v) is 4.56. The minimum absolute atomic E-state index is 0.106. The molecule has 0 amide bonds. The molecule has 0 aliphatic rings. The molecule has 3 nitrogen and oxygen atoms in total. The van der Waals surface area contributed by atoms with Gasteiger partial charge in [0.25, 0.3) is 5.97 Å². The number of carbonyl (C=O) groups is 1. The van der Waals surface area contributed by atoms with E-state index in [0.717, 1.165) is 19.8 Å². The molecule has 0 aromatic carbocycles. The molecule has 2 N–H and O–H groups in total. The maximum atomic E-state index is 9.19. The molecular formula is C10H22O3. The quantitative estimate of drug-likeness (QED) is 0.702. The topological polar surface area (TPSA) is 57.5 Å². The fourth-order valence-electron chi connectivity index (χ4n) is 0.851. The van der Waals surface area contributed by atoms with Crippen molar-refractivity contribution in [3.63, 3.8) is 0 Å². The maximum absolute atomic E-state index is 9.19. The highest BCUT2D eigenvalue weighted by atomic mass is 16.4. The summed E-state index contributed by atoms with van der Waals surface area (Å²) in [7, 11) is 0. The summed E-state index contributed by atoms with van der Waals surface area (Å²) < 4.78 is 0. The van der Waals surface area contributed by atoms with Crippen LogP contribution in [0.4, 0.5) is 0 Å². The largest absolute Gasteiger partial charge is 0.481 e. The second kappa shape index (κ2) is 6.89. The van der Waals surface area contributed by atoms with Crippen LogP contribution >= 0.6 is 0 Å². The van der Waals surface area contributed by atoms with Crippen molar-refractivity contribution < 1.29 is 15.0 Å². The third-order valence-electron chi connectivity index (χ3n) is 1.32. The Morgan fingerprint density at radius 2 is 1.69 bits per heavy atom. The van der Waals surface area contributed by atoms with Gasteiger partial charge in [-0.25, -0.2) is 0 Å². The number of aliphatic hydroxyl groups excluding tert-OH is 1. The number of hydrogen-bond donors (Lipinski definition) is 2. The summed E-state index contributed by atoms with van der Waals surface area (Å²) in [5, 5.41) is 16.6. The standard InChI is InChI=1S/C8H18O.C2H4O2/c1-5-7(9)6-8(2,3)4;1-2(3)4/h7,9H,5-6H2,1-4H3;1H3,(H,3,4). The van der Waals surface area contributed by atoms with Crippen molar-refractivity contribution in [3.05, 3.63) is 0 Å². The van der Waals surface area contributed by atoms with Gasteiger partial charge in [0, 0.05) is 6.92 Å². The van der Waals surface area contributed by atoms with E-state index >= 15 is 0 Å². The number of carboxylic acids is 1. The zero-order valence-corrected chi connectivity index (χ0v) is 9.29. The Morgan fingerprint density at radius 1 is 1.38 bits per heavy atom. The lowest BCUT2D eigenvalue weighted by Crippen LogP contribution is -2.16. The van der Waals surface area contributed by atoms with Gasteiger partial charge in [0.1, 0.15) is 0 Å². The Kier molecular flexibility index (Phi) is 7.92. The summed E-state index contributed by atoms with van der Waals surface area (Å²) in [5.41, 5.74) is 0.273. The molecule has 0 aromatic heterocycles. The third kappa shape index (κ3) is 24.6. The zero-order chi connectivity index (χ0) is 11.1. The van der Waals surface area contributed by atoms with E-state index in [1.54, 1.807) is 0 Å². The van der Waals surface area contributed by atoms with Gasteiger partial charge in [0.2, 0.25) is 0 Å². The molecule has 3 heteroatoms. The van der Waals surface area contributed by atoms with Crippen LogP contribution in [0.3, 0.4) is 0 Å². The van der Waals surface area contributed by atoms with Crippen LogP contribution in [0.15, 0.2) is 0 Å². The van der Waals surface area contributed by atoms with Crippen LogP contribution in [-0.4, -0.2) is 22.3 Å². The van der Waals surface area contributed by atoms with E-state index in [4.69, 9.17) is 9.90 Å². The van der Waals surface area contributed by atoms with Crippen molar-refractivity contribution in [2.24, 2.45) is 5.41 Å². The molecule has 13 heavy (non-hydrogen) atoms. The molecule has 1 atom stereocenters. The number of aliphatic hydroxyl groups is 1. The van der Waals surface area contributed by atoms with Gasteiger partial charge >= 0.3 is 0 Å². The Hall–Kier alpha value is -0.570. The molecule has 0 spiro atoms. The molecule has 1 unspecified atom stereocenters. The Morgan fingerprint density at radius 3 is 1.77 bits per heavy atom. The molecule has 0 rings (SSSR count). The number of hydrogen-bond acceptors (Lipinski definition) is 2. The van der Waals surface area contributed by atoms with Gasteiger partial charge in [0.15, 0.2) is 0 Å². The van der Waals surface area contributed by atoms with Crippen LogP contribution in [-0.2, 0) is 4.79 Å². The maximum Gasteiger partial charge on any atom is 0.300 e. The second-order valence-electron chi connectivity index (χ2n) is 4.35. The van der Waals surface area contributed by atoms with Gasteiger partial charge in [-0.1, -0.05) is 27.7 Å². The van der Waals surface area contributed by atoms with Crippen molar-refractivity contribution >= 4 is 5.97 Å². The zero-order valence-electron chi connectivity index (χ0n) is 9.29. The summed E-state index contributed by atoms with van der Waals surface area (Å²) in [5.74, 6) is -0.833. The predicted molar refractivity (Wildman–Crippen MR) is 53.7 cm³/mol. The monoisotopic (exact) mass is 190 g/mol. The smallest absolute Gasteiger partial charge is 0.300 e. The molecule has 0 fully saturated rings. The van der Waals surface area contributed by atoms with Crippen LogP contribution in [0.1, 0.15) is 47.5 Å². The molecule has 0 aromatic rings. The highest BCUT2D eigenvalue weighted by molar-refractivity contribution is 5.62. The van der Waals surface area contributed by atoms with E-state index in [1.165, 1.54) is 0 Å². The first-order valence-electron chi connectivity index (χ1n) is 4.56. The Bertz CT molecular complexity index is 132. The van der Waals surface area contributed by atoms with Crippen LogP contribution in [0, 0.1) is 5.41 Å². The first kappa shape index (κ1) is 14.9. The summed E-state index contributed by atoms with van der Waals surface area (Å²) >= 11 is 0. The van der Waals surface area contributed by atoms with Gasteiger partial charge < -0.3 is 10.2 Å². The van der Waals surface area contributed by atoms with Crippen molar-refractivity contribution in [1.82, 2.24) is 0 Å². The van der Waals surface area contributed by atoms with E-state index in [1.807, 2.05) is 6.92 Å². The van der Waals surface area contributed by atoms with Crippen LogP contribution in [0.5, 0.6) is 0 Å². The van der Waals surface area contributed by atoms with E-state index in [-0.39, 0.29) is 11.5 Å². The molecule has 80 valence electrons. The third-order valence-corrected chi connectivity index (χ3v) is 1.32. The Balaban J connectivity index is 0. The van der Waals surface area contributed by atoms with E-state index in [9.17, 15) is 5.11 Å². The molecular weight excluding hydrogens is 168 g/mol. The van der Waals surface area contributed by atoms with E-state index in [2.05, 4.69) is 20.8 Å². The van der Waals surface area contributed by atoms with Crippen LogP contribution in [0.2, 0.25) is 0 Å². The molecule has 0 saturated carbocycles. The Labute approximate surface area is 80.8 Å². The normalized spacial score (nSPS) is 12.8. The average molecular weight is 190 g/mol. The second-order valence-corrected chi connectivity index (χ2v) is 4.35.